The van der Waals surface area contributed by atoms with Crippen molar-refractivity contribution in [3.63, 3.8) is 0 Å². The highest BCUT2D eigenvalue weighted by molar-refractivity contribution is 9.10. The van der Waals surface area contributed by atoms with E-state index in [0.717, 1.165) is 10.0 Å². The fourth-order valence-corrected chi connectivity index (χ4v) is 2.04. The molecule has 0 spiro atoms. The van der Waals surface area contributed by atoms with Crippen LogP contribution in [0.1, 0.15) is 39.2 Å². The van der Waals surface area contributed by atoms with Gasteiger partial charge in [-0.25, -0.2) is 0 Å². The summed E-state index contributed by atoms with van der Waals surface area (Å²) in [7, 11) is 0. The fraction of sp³-hybridized carbons (Fsp3) is 0.600. The van der Waals surface area contributed by atoms with Crippen LogP contribution < -0.4 is 0 Å². The first-order valence-corrected chi connectivity index (χ1v) is 7.25. The van der Waals surface area contributed by atoms with Crippen LogP contribution in [0.4, 0.5) is 0 Å². The van der Waals surface area contributed by atoms with E-state index in [2.05, 4.69) is 15.9 Å². The van der Waals surface area contributed by atoms with Gasteiger partial charge in [0.2, 0.25) is 0 Å². The van der Waals surface area contributed by atoms with Gasteiger partial charge in [0, 0.05) is 4.47 Å². The Morgan fingerprint density at radius 1 is 1.11 bits per heavy atom. The molecule has 2 N–H and O–H groups in total. The van der Waals surface area contributed by atoms with E-state index < -0.39 is 11.2 Å². The van der Waals surface area contributed by atoms with Crippen molar-refractivity contribution in [3.8, 4) is 0 Å². The molecule has 3 nitrogen and oxygen atoms in total. The minimum absolute atomic E-state index is 0.254. The number of aliphatic hydroxyl groups is 2. The lowest BCUT2D eigenvalue weighted by molar-refractivity contribution is -0.0580. The molecule has 1 aromatic carbocycles. The monoisotopic (exact) mass is 330 g/mol. The maximum atomic E-state index is 10.2. The van der Waals surface area contributed by atoms with E-state index in [1.807, 2.05) is 24.3 Å². The lowest BCUT2D eigenvalue weighted by Gasteiger charge is -2.27. The first-order chi connectivity index (χ1) is 8.70. The molecule has 0 aliphatic carbocycles. The van der Waals surface area contributed by atoms with E-state index in [9.17, 15) is 10.2 Å². The van der Waals surface area contributed by atoms with Crippen molar-refractivity contribution in [2.75, 3.05) is 6.61 Å². The topological polar surface area (TPSA) is 49.7 Å². The lowest BCUT2D eigenvalue weighted by atomic mass is 9.93. The van der Waals surface area contributed by atoms with E-state index in [0.29, 0.717) is 19.4 Å². The summed E-state index contributed by atoms with van der Waals surface area (Å²) in [5.74, 6) is 0. The van der Waals surface area contributed by atoms with Gasteiger partial charge in [0.15, 0.2) is 0 Å². The summed E-state index contributed by atoms with van der Waals surface area (Å²) in [6, 6.07) is 7.85. The Morgan fingerprint density at radius 2 is 1.74 bits per heavy atom. The van der Waals surface area contributed by atoms with Crippen molar-refractivity contribution >= 4 is 15.9 Å². The highest BCUT2D eigenvalue weighted by Gasteiger charge is 2.24. The zero-order chi connectivity index (χ0) is 14.5. The number of benzene rings is 1. The molecular weight excluding hydrogens is 308 g/mol. The summed E-state index contributed by atoms with van der Waals surface area (Å²) in [4.78, 5) is 0. The van der Waals surface area contributed by atoms with Crippen LogP contribution in [0.2, 0.25) is 0 Å². The van der Waals surface area contributed by atoms with Crippen LogP contribution >= 0.6 is 15.9 Å². The molecule has 0 aliphatic heterocycles. The minimum atomic E-state index is -0.915. The van der Waals surface area contributed by atoms with Gasteiger partial charge in [0.05, 0.1) is 24.4 Å². The van der Waals surface area contributed by atoms with E-state index >= 15 is 0 Å². The molecule has 4 heteroatoms. The molecule has 1 unspecified atom stereocenters. The predicted octanol–water partition coefficient (Wildman–Crippen LogP) is 3.27. The van der Waals surface area contributed by atoms with Crippen molar-refractivity contribution < 1.29 is 14.9 Å². The Hall–Kier alpha value is -0.420. The van der Waals surface area contributed by atoms with Gasteiger partial charge < -0.3 is 14.9 Å². The summed E-state index contributed by atoms with van der Waals surface area (Å²) in [6.45, 7) is 5.93. The highest BCUT2D eigenvalue weighted by Crippen LogP contribution is 2.21. The van der Waals surface area contributed by atoms with E-state index in [1.54, 1.807) is 20.8 Å². The summed E-state index contributed by atoms with van der Waals surface area (Å²) in [5.41, 5.74) is -0.617. The lowest BCUT2D eigenvalue weighted by Crippen LogP contribution is -2.33. The molecule has 0 amide bonds. The molecule has 0 fully saturated rings. The maximum absolute atomic E-state index is 10.2. The van der Waals surface area contributed by atoms with Gasteiger partial charge in [-0.15, -0.1) is 0 Å². The predicted molar refractivity (Wildman–Crippen MR) is 80.0 cm³/mol. The maximum Gasteiger partial charge on any atom is 0.0853 e. The molecule has 0 radical (unpaired) electrons. The van der Waals surface area contributed by atoms with Crippen LogP contribution in [0.5, 0.6) is 0 Å². The van der Waals surface area contributed by atoms with Crippen LogP contribution in [0, 0.1) is 0 Å². The Morgan fingerprint density at radius 3 is 2.32 bits per heavy atom. The molecule has 1 atom stereocenters. The quantitative estimate of drug-likeness (QED) is 0.806. The van der Waals surface area contributed by atoms with Crippen LogP contribution in [0.3, 0.4) is 0 Å². The second-order valence-corrected chi connectivity index (χ2v) is 6.75. The van der Waals surface area contributed by atoms with Crippen molar-refractivity contribution in [1.29, 1.82) is 0 Å². The highest BCUT2D eigenvalue weighted by atomic mass is 79.9. The smallest absolute Gasteiger partial charge is 0.0853 e. The molecule has 1 aromatic rings. The third-order valence-corrected chi connectivity index (χ3v) is 3.68. The Labute approximate surface area is 123 Å². The number of rotatable bonds is 7. The average Bonchev–Trinajstić information content (AvgIpc) is 2.28. The minimum Gasteiger partial charge on any atom is -0.390 e. The second-order valence-electron chi connectivity index (χ2n) is 5.89. The molecule has 1 rings (SSSR count). The summed E-state index contributed by atoms with van der Waals surface area (Å²) in [5, 5.41) is 19.8. The van der Waals surface area contributed by atoms with E-state index in [1.165, 1.54) is 0 Å². The number of hydrogen-bond acceptors (Lipinski definition) is 3. The van der Waals surface area contributed by atoms with E-state index in [4.69, 9.17) is 4.74 Å². The first-order valence-electron chi connectivity index (χ1n) is 6.46. The van der Waals surface area contributed by atoms with Crippen LogP contribution in [-0.4, -0.2) is 28.0 Å². The fourth-order valence-electron chi connectivity index (χ4n) is 1.64. The van der Waals surface area contributed by atoms with Gasteiger partial charge in [-0.2, -0.15) is 0 Å². The molecule has 0 aromatic heterocycles. The van der Waals surface area contributed by atoms with E-state index in [-0.39, 0.29) is 6.61 Å². The van der Waals surface area contributed by atoms with Gasteiger partial charge >= 0.3 is 0 Å². The summed E-state index contributed by atoms with van der Waals surface area (Å²) >= 11 is 3.46. The third kappa shape index (κ3) is 7.06. The molecule has 0 bridgehead atoms. The third-order valence-electron chi connectivity index (χ3n) is 2.90. The largest absolute Gasteiger partial charge is 0.390 e. The molecule has 0 saturated heterocycles. The number of halogens is 1. The Balaban J connectivity index is 2.37. The Bertz CT molecular complexity index is 397. The average molecular weight is 331 g/mol. The SMILES string of the molecule is CC(C)(O)CCC(C)(O)COCc1ccccc1Br. The molecule has 0 heterocycles. The van der Waals surface area contributed by atoms with Crippen LogP contribution in [0.25, 0.3) is 0 Å². The standard InChI is InChI=1S/C15H23BrO3/c1-14(2,17)8-9-15(3,18)11-19-10-12-6-4-5-7-13(12)16/h4-7,17-18H,8-11H2,1-3H3. The summed E-state index contributed by atoms with van der Waals surface area (Å²) in [6.07, 6.45) is 1.05. The van der Waals surface area contributed by atoms with Gasteiger partial charge in [-0.3, -0.25) is 0 Å². The van der Waals surface area contributed by atoms with Crippen molar-refractivity contribution in [2.45, 2.75) is 51.4 Å². The molecule has 19 heavy (non-hydrogen) atoms. The van der Waals surface area contributed by atoms with Crippen LogP contribution in [0.15, 0.2) is 28.7 Å². The molecule has 0 saturated carbocycles. The number of ether oxygens (including phenoxy) is 1. The van der Waals surface area contributed by atoms with Crippen molar-refractivity contribution in [2.24, 2.45) is 0 Å². The van der Waals surface area contributed by atoms with Gasteiger partial charge in [0.1, 0.15) is 0 Å². The second kappa shape index (κ2) is 6.84. The molecule has 108 valence electrons. The van der Waals surface area contributed by atoms with Crippen molar-refractivity contribution in [3.05, 3.63) is 34.3 Å². The van der Waals surface area contributed by atoms with Gasteiger partial charge in [0.25, 0.3) is 0 Å². The van der Waals surface area contributed by atoms with Gasteiger partial charge in [-0.05, 0) is 45.2 Å². The van der Waals surface area contributed by atoms with Crippen molar-refractivity contribution in [1.82, 2.24) is 0 Å². The zero-order valence-electron chi connectivity index (χ0n) is 11.8. The first kappa shape index (κ1) is 16.6. The summed E-state index contributed by atoms with van der Waals surface area (Å²) < 4.78 is 6.57. The zero-order valence-corrected chi connectivity index (χ0v) is 13.4. The van der Waals surface area contributed by atoms with Crippen LogP contribution in [-0.2, 0) is 11.3 Å². The molecular formula is C15H23BrO3. The normalized spacial score (nSPS) is 15.3. The molecule has 0 aliphatic rings. The van der Waals surface area contributed by atoms with Gasteiger partial charge in [-0.1, -0.05) is 34.1 Å². The Kier molecular flexibility index (Phi) is 5.99. The number of hydrogen-bond donors (Lipinski definition) is 2.